The minimum absolute atomic E-state index is 0.178. The van der Waals surface area contributed by atoms with E-state index in [-0.39, 0.29) is 6.04 Å². The maximum atomic E-state index is 10.9. The standard InChI is InChI=1S/C10H16ClN3OS/c1-7(3-4-16(2)15)14-10-9(11)5-8(12)6-13-10/h5-7H,3-4,12H2,1-2H3,(H,13,14). The fourth-order valence-electron chi connectivity index (χ4n) is 1.21. The number of nitrogens with two attached hydrogens (primary N) is 1. The van der Waals surface area contributed by atoms with Crippen LogP contribution in [-0.4, -0.2) is 27.2 Å². The zero-order valence-corrected chi connectivity index (χ0v) is 10.9. The molecule has 0 spiro atoms. The first-order chi connectivity index (χ1) is 7.49. The highest BCUT2D eigenvalue weighted by Crippen LogP contribution is 2.21. The van der Waals surface area contributed by atoms with Gasteiger partial charge >= 0.3 is 0 Å². The molecule has 0 saturated carbocycles. The highest BCUT2D eigenvalue weighted by molar-refractivity contribution is 7.84. The molecule has 0 fully saturated rings. The van der Waals surface area contributed by atoms with Gasteiger partial charge in [0.15, 0.2) is 0 Å². The van der Waals surface area contributed by atoms with Gasteiger partial charge in [0, 0.05) is 28.9 Å². The number of hydrogen-bond donors (Lipinski definition) is 2. The van der Waals surface area contributed by atoms with Crippen LogP contribution in [0.1, 0.15) is 13.3 Å². The first-order valence-electron chi connectivity index (χ1n) is 4.96. The summed E-state index contributed by atoms with van der Waals surface area (Å²) in [5, 5.41) is 3.66. The van der Waals surface area contributed by atoms with Crippen LogP contribution in [0, 0.1) is 0 Å². The van der Waals surface area contributed by atoms with Gasteiger partial charge in [-0.2, -0.15) is 0 Å². The Hall–Kier alpha value is -0.810. The SMILES string of the molecule is CC(CCS(C)=O)Nc1ncc(N)cc1Cl. The molecule has 0 aromatic carbocycles. The lowest BCUT2D eigenvalue weighted by Crippen LogP contribution is -2.18. The summed E-state index contributed by atoms with van der Waals surface area (Å²) in [6.45, 7) is 2.00. The van der Waals surface area contributed by atoms with E-state index < -0.39 is 10.8 Å². The molecule has 0 saturated heterocycles. The minimum Gasteiger partial charge on any atom is -0.397 e. The van der Waals surface area contributed by atoms with Gasteiger partial charge in [-0.3, -0.25) is 4.21 Å². The lowest BCUT2D eigenvalue weighted by Gasteiger charge is -2.14. The lowest BCUT2D eigenvalue weighted by atomic mass is 10.2. The average Bonchev–Trinajstić information content (AvgIpc) is 2.19. The minimum atomic E-state index is -0.767. The van der Waals surface area contributed by atoms with E-state index in [1.54, 1.807) is 18.5 Å². The second kappa shape index (κ2) is 6.06. The van der Waals surface area contributed by atoms with Crippen molar-refractivity contribution in [2.45, 2.75) is 19.4 Å². The molecule has 16 heavy (non-hydrogen) atoms. The number of aromatic nitrogens is 1. The van der Waals surface area contributed by atoms with Crippen LogP contribution in [0.3, 0.4) is 0 Å². The molecule has 2 unspecified atom stereocenters. The maximum Gasteiger partial charge on any atom is 0.145 e. The predicted octanol–water partition coefficient (Wildman–Crippen LogP) is 1.89. The van der Waals surface area contributed by atoms with Gasteiger partial charge in [0.2, 0.25) is 0 Å². The van der Waals surface area contributed by atoms with Crippen molar-refractivity contribution in [3.8, 4) is 0 Å². The third-order valence-electron chi connectivity index (χ3n) is 2.08. The zero-order chi connectivity index (χ0) is 12.1. The summed E-state index contributed by atoms with van der Waals surface area (Å²) in [5.74, 6) is 1.28. The molecular weight excluding hydrogens is 246 g/mol. The van der Waals surface area contributed by atoms with Gasteiger partial charge in [0.1, 0.15) is 5.82 Å². The monoisotopic (exact) mass is 261 g/mol. The summed E-state index contributed by atoms with van der Waals surface area (Å²) in [4.78, 5) is 4.10. The van der Waals surface area contributed by atoms with Crippen molar-refractivity contribution in [2.75, 3.05) is 23.1 Å². The smallest absolute Gasteiger partial charge is 0.145 e. The van der Waals surface area contributed by atoms with Crippen molar-refractivity contribution in [1.29, 1.82) is 0 Å². The molecule has 1 aromatic heterocycles. The van der Waals surface area contributed by atoms with Gasteiger partial charge in [-0.1, -0.05) is 11.6 Å². The molecule has 0 aliphatic carbocycles. The number of rotatable bonds is 5. The molecule has 0 amide bonds. The van der Waals surface area contributed by atoms with E-state index in [1.807, 2.05) is 6.92 Å². The molecule has 0 bridgehead atoms. The van der Waals surface area contributed by atoms with Crippen LogP contribution in [0.25, 0.3) is 0 Å². The first kappa shape index (κ1) is 13.3. The highest BCUT2D eigenvalue weighted by Gasteiger charge is 2.07. The summed E-state index contributed by atoms with van der Waals surface area (Å²) >= 11 is 5.97. The van der Waals surface area contributed by atoms with E-state index in [1.165, 1.54) is 0 Å². The predicted molar refractivity (Wildman–Crippen MR) is 70.3 cm³/mol. The van der Waals surface area contributed by atoms with Crippen molar-refractivity contribution >= 4 is 33.9 Å². The topological polar surface area (TPSA) is 68.0 Å². The van der Waals surface area contributed by atoms with E-state index in [0.717, 1.165) is 6.42 Å². The van der Waals surface area contributed by atoms with E-state index >= 15 is 0 Å². The Morgan fingerprint density at radius 1 is 1.69 bits per heavy atom. The Bertz CT molecular complexity index is 386. The largest absolute Gasteiger partial charge is 0.397 e. The average molecular weight is 262 g/mol. The van der Waals surface area contributed by atoms with E-state index in [9.17, 15) is 4.21 Å². The molecule has 90 valence electrons. The third-order valence-corrected chi connectivity index (χ3v) is 3.18. The molecule has 1 rings (SSSR count). The van der Waals surface area contributed by atoms with Gasteiger partial charge in [0.05, 0.1) is 16.9 Å². The van der Waals surface area contributed by atoms with Crippen LogP contribution in [0.15, 0.2) is 12.3 Å². The number of nitrogen functional groups attached to an aromatic ring is 1. The molecular formula is C10H16ClN3OS. The van der Waals surface area contributed by atoms with Crippen LogP contribution in [0.4, 0.5) is 11.5 Å². The van der Waals surface area contributed by atoms with Gasteiger partial charge in [-0.05, 0) is 19.4 Å². The Morgan fingerprint density at radius 2 is 2.38 bits per heavy atom. The Labute approximate surface area is 103 Å². The van der Waals surface area contributed by atoms with Crippen LogP contribution < -0.4 is 11.1 Å². The summed E-state index contributed by atoms with van der Waals surface area (Å²) < 4.78 is 10.9. The van der Waals surface area contributed by atoms with Crippen LogP contribution in [0.5, 0.6) is 0 Å². The third kappa shape index (κ3) is 4.37. The molecule has 4 nitrogen and oxygen atoms in total. The Balaban J connectivity index is 2.55. The fraction of sp³-hybridized carbons (Fsp3) is 0.500. The second-order valence-electron chi connectivity index (χ2n) is 3.71. The van der Waals surface area contributed by atoms with Crippen molar-refractivity contribution in [3.05, 3.63) is 17.3 Å². The summed E-state index contributed by atoms with van der Waals surface area (Å²) in [6.07, 6.45) is 4.06. The van der Waals surface area contributed by atoms with E-state index in [0.29, 0.717) is 22.3 Å². The van der Waals surface area contributed by atoms with Crippen LogP contribution in [-0.2, 0) is 10.8 Å². The first-order valence-corrected chi connectivity index (χ1v) is 7.07. The maximum absolute atomic E-state index is 10.9. The lowest BCUT2D eigenvalue weighted by molar-refractivity contribution is 0.678. The Morgan fingerprint density at radius 3 is 2.94 bits per heavy atom. The van der Waals surface area contributed by atoms with Gasteiger partial charge in [-0.15, -0.1) is 0 Å². The summed E-state index contributed by atoms with van der Waals surface area (Å²) in [7, 11) is -0.767. The van der Waals surface area contributed by atoms with Crippen LogP contribution >= 0.6 is 11.6 Å². The number of pyridine rings is 1. The molecule has 0 aliphatic heterocycles. The highest BCUT2D eigenvalue weighted by atomic mass is 35.5. The summed E-state index contributed by atoms with van der Waals surface area (Å²) in [6, 6.07) is 1.83. The van der Waals surface area contributed by atoms with Crippen LogP contribution in [0.2, 0.25) is 5.02 Å². The van der Waals surface area contributed by atoms with Gasteiger partial charge < -0.3 is 11.1 Å². The number of nitrogens with one attached hydrogen (secondary N) is 1. The van der Waals surface area contributed by atoms with Crippen molar-refractivity contribution in [1.82, 2.24) is 4.98 Å². The fourth-order valence-corrected chi connectivity index (χ4v) is 2.12. The quantitative estimate of drug-likeness (QED) is 0.849. The normalized spacial score (nSPS) is 14.4. The van der Waals surface area contributed by atoms with Gasteiger partial charge in [-0.25, -0.2) is 4.98 Å². The molecule has 0 aliphatic rings. The number of hydrogen-bond acceptors (Lipinski definition) is 4. The van der Waals surface area contributed by atoms with Crippen molar-refractivity contribution < 1.29 is 4.21 Å². The van der Waals surface area contributed by atoms with E-state index in [4.69, 9.17) is 17.3 Å². The van der Waals surface area contributed by atoms with Crippen molar-refractivity contribution in [2.24, 2.45) is 0 Å². The molecule has 2 atom stereocenters. The van der Waals surface area contributed by atoms with Gasteiger partial charge in [0.25, 0.3) is 0 Å². The molecule has 1 heterocycles. The number of halogens is 1. The number of anilines is 2. The molecule has 3 N–H and O–H groups in total. The summed E-state index contributed by atoms with van der Waals surface area (Å²) in [5.41, 5.74) is 6.08. The second-order valence-corrected chi connectivity index (χ2v) is 5.67. The zero-order valence-electron chi connectivity index (χ0n) is 9.37. The molecule has 6 heteroatoms. The van der Waals surface area contributed by atoms with Crippen molar-refractivity contribution in [3.63, 3.8) is 0 Å². The molecule has 1 aromatic rings. The Kier molecular flexibility index (Phi) is 5.02. The number of nitrogens with zero attached hydrogens (tertiary/aromatic N) is 1. The van der Waals surface area contributed by atoms with E-state index in [2.05, 4.69) is 10.3 Å². The molecule has 0 radical (unpaired) electrons.